The second kappa shape index (κ2) is 9.20. The molecular weight excluding hydrogens is 248 g/mol. The summed E-state index contributed by atoms with van der Waals surface area (Å²) >= 11 is 0. The van der Waals surface area contributed by atoms with Crippen LogP contribution in [0.2, 0.25) is 0 Å². The van der Waals surface area contributed by atoms with Gasteiger partial charge in [-0.25, -0.2) is 4.79 Å². The summed E-state index contributed by atoms with van der Waals surface area (Å²) in [5.41, 5.74) is 0.344. The number of unbranched alkanes of at least 4 members (excludes halogenated alkanes) is 5. The molecule has 0 aromatic carbocycles. The SMILES string of the molecule is C=C(C)C(=O)OC1(CCCCCCCC)CCCCC1. The molecule has 20 heavy (non-hydrogen) atoms. The largest absolute Gasteiger partial charge is 0.456 e. The highest BCUT2D eigenvalue weighted by atomic mass is 16.6. The summed E-state index contributed by atoms with van der Waals surface area (Å²) in [5, 5.41) is 0. The van der Waals surface area contributed by atoms with Gasteiger partial charge in [-0.15, -0.1) is 0 Å². The number of carbonyl (C=O) groups excluding carboxylic acids is 1. The highest BCUT2D eigenvalue weighted by Gasteiger charge is 2.35. The molecule has 116 valence electrons. The molecule has 0 bridgehead atoms. The van der Waals surface area contributed by atoms with E-state index in [1.165, 1.54) is 57.8 Å². The molecule has 2 heteroatoms. The van der Waals surface area contributed by atoms with E-state index in [9.17, 15) is 4.79 Å². The Balaban J connectivity index is 2.39. The van der Waals surface area contributed by atoms with Crippen molar-refractivity contribution in [1.82, 2.24) is 0 Å². The lowest BCUT2D eigenvalue weighted by Crippen LogP contribution is -2.37. The van der Waals surface area contributed by atoms with Crippen molar-refractivity contribution in [3.63, 3.8) is 0 Å². The van der Waals surface area contributed by atoms with Crippen molar-refractivity contribution in [1.29, 1.82) is 0 Å². The molecule has 0 N–H and O–H groups in total. The van der Waals surface area contributed by atoms with Crippen LogP contribution >= 0.6 is 0 Å². The van der Waals surface area contributed by atoms with Crippen molar-refractivity contribution in [2.24, 2.45) is 0 Å². The molecule has 0 saturated heterocycles. The lowest BCUT2D eigenvalue weighted by molar-refractivity contribution is -0.159. The maximum Gasteiger partial charge on any atom is 0.333 e. The van der Waals surface area contributed by atoms with E-state index < -0.39 is 0 Å². The minimum atomic E-state index is -0.196. The third-order valence-electron chi connectivity index (χ3n) is 4.41. The Morgan fingerprint density at radius 1 is 1.05 bits per heavy atom. The lowest BCUT2D eigenvalue weighted by atomic mass is 9.80. The van der Waals surface area contributed by atoms with Gasteiger partial charge in [-0.1, -0.05) is 52.0 Å². The average Bonchev–Trinajstić information content (AvgIpc) is 2.43. The van der Waals surface area contributed by atoms with Crippen LogP contribution in [-0.2, 0) is 9.53 Å². The fourth-order valence-electron chi connectivity index (χ4n) is 3.11. The number of esters is 1. The predicted octanol–water partition coefficient (Wildman–Crippen LogP) is 5.56. The van der Waals surface area contributed by atoms with E-state index in [-0.39, 0.29) is 11.6 Å². The molecule has 1 rings (SSSR count). The first kappa shape index (κ1) is 17.3. The Morgan fingerprint density at radius 3 is 2.25 bits per heavy atom. The molecular formula is C18H32O2. The topological polar surface area (TPSA) is 26.3 Å². The Hall–Kier alpha value is -0.790. The molecule has 1 saturated carbocycles. The normalized spacial score (nSPS) is 17.7. The number of ether oxygens (including phenoxy) is 1. The van der Waals surface area contributed by atoms with Crippen LogP contribution in [0.1, 0.15) is 90.9 Å². The first-order chi connectivity index (χ1) is 9.59. The molecule has 0 aromatic rings. The summed E-state index contributed by atoms with van der Waals surface area (Å²) in [4.78, 5) is 11.9. The van der Waals surface area contributed by atoms with Gasteiger partial charge in [0.15, 0.2) is 0 Å². The van der Waals surface area contributed by atoms with Crippen molar-refractivity contribution in [2.75, 3.05) is 0 Å². The maximum atomic E-state index is 11.9. The van der Waals surface area contributed by atoms with Crippen LogP contribution in [0.5, 0.6) is 0 Å². The zero-order valence-corrected chi connectivity index (χ0v) is 13.5. The quantitative estimate of drug-likeness (QED) is 0.314. The molecule has 0 radical (unpaired) electrons. The van der Waals surface area contributed by atoms with Gasteiger partial charge in [0.1, 0.15) is 5.60 Å². The smallest absolute Gasteiger partial charge is 0.333 e. The summed E-state index contributed by atoms with van der Waals surface area (Å²) in [6, 6.07) is 0. The zero-order valence-electron chi connectivity index (χ0n) is 13.5. The van der Waals surface area contributed by atoms with Crippen LogP contribution in [-0.4, -0.2) is 11.6 Å². The minimum absolute atomic E-state index is 0.182. The number of hydrogen-bond donors (Lipinski definition) is 0. The number of rotatable bonds is 9. The van der Waals surface area contributed by atoms with E-state index in [0.29, 0.717) is 5.57 Å². The molecule has 1 aliphatic rings. The van der Waals surface area contributed by atoms with Gasteiger partial charge in [-0.2, -0.15) is 0 Å². The Morgan fingerprint density at radius 2 is 1.65 bits per heavy atom. The molecule has 0 amide bonds. The molecule has 0 heterocycles. The third kappa shape index (κ3) is 6.11. The van der Waals surface area contributed by atoms with Gasteiger partial charge < -0.3 is 4.74 Å². The van der Waals surface area contributed by atoms with Crippen LogP contribution in [0.15, 0.2) is 12.2 Å². The van der Waals surface area contributed by atoms with E-state index in [1.807, 2.05) is 0 Å². The highest BCUT2D eigenvalue weighted by molar-refractivity contribution is 5.87. The zero-order chi connectivity index (χ0) is 14.8. The maximum absolute atomic E-state index is 11.9. The van der Waals surface area contributed by atoms with Crippen LogP contribution < -0.4 is 0 Å². The van der Waals surface area contributed by atoms with E-state index in [4.69, 9.17) is 4.74 Å². The van der Waals surface area contributed by atoms with Crippen LogP contribution in [0.4, 0.5) is 0 Å². The second-order valence-electron chi connectivity index (χ2n) is 6.43. The summed E-state index contributed by atoms with van der Waals surface area (Å²) in [5.74, 6) is -0.196. The Bertz CT molecular complexity index is 301. The van der Waals surface area contributed by atoms with E-state index in [0.717, 1.165) is 19.3 Å². The molecule has 1 fully saturated rings. The minimum Gasteiger partial charge on any atom is -0.456 e. The Kier molecular flexibility index (Phi) is 7.94. The van der Waals surface area contributed by atoms with Crippen molar-refractivity contribution in [2.45, 2.75) is 96.5 Å². The van der Waals surface area contributed by atoms with E-state index in [2.05, 4.69) is 13.5 Å². The van der Waals surface area contributed by atoms with Gasteiger partial charge in [0.2, 0.25) is 0 Å². The molecule has 0 aromatic heterocycles. The molecule has 0 aliphatic heterocycles. The fourth-order valence-corrected chi connectivity index (χ4v) is 3.11. The van der Waals surface area contributed by atoms with Gasteiger partial charge in [0, 0.05) is 5.57 Å². The molecule has 1 aliphatic carbocycles. The van der Waals surface area contributed by atoms with Gasteiger partial charge in [0.05, 0.1) is 0 Å². The number of hydrogen-bond acceptors (Lipinski definition) is 2. The third-order valence-corrected chi connectivity index (χ3v) is 4.41. The average molecular weight is 280 g/mol. The summed E-state index contributed by atoms with van der Waals surface area (Å²) < 4.78 is 5.83. The lowest BCUT2D eigenvalue weighted by Gasteiger charge is -2.37. The van der Waals surface area contributed by atoms with Crippen molar-refractivity contribution >= 4 is 5.97 Å². The van der Waals surface area contributed by atoms with E-state index >= 15 is 0 Å². The standard InChI is InChI=1S/C18H32O2/c1-4-5-6-7-8-10-13-18(14-11-9-12-15-18)20-17(19)16(2)3/h2,4-15H2,1,3H3. The molecule has 0 atom stereocenters. The van der Waals surface area contributed by atoms with Crippen molar-refractivity contribution in [3.05, 3.63) is 12.2 Å². The fraction of sp³-hybridized carbons (Fsp3) is 0.833. The van der Waals surface area contributed by atoms with Crippen LogP contribution in [0.25, 0.3) is 0 Å². The highest BCUT2D eigenvalue weighted by Crippen LogP contribution is 2.36. The van der Waals surface area contributed by atoms with Crippen LogP contribution in [0.3, 0.4) is 0 Å². The van der Waals surface area contributed by atoms with Gasteiger partial charge in [-0.05, 0) is 45.4 Å². The van der Waals surface area contributed by atoms with Crippen molar-refractivity contribution < 1.29 is 9.53 Å². The van der Waals surface area contributed by atoms with Gasteiger partial charge in [-0.3, -0.25) is 0 Å². The second-order valence-corrected chi connectivity index (χ2v) is 6.43. The van der Waals surface area contributed by atoms with Gasteiger partial charge >= 0.3 is 5.97 Å². The van der Waals surface area contributed by atoms with Crippen LogP contribution in [0, 0.1) is 0 Å². The number of carbonyl (C=O) groups is 1. The first-order valence-corrected chi connectivity index (χ1v) is 8.48. The molecule has 0 spiro atoms. The summed E-state index contributed by atoms with van der Waals surface area (Å²) in [6.45, 7) is 7.69. The Labute approximate surface area is 125 Å². The summed E-state index contributed by atoms with van der Waals surface area (Å²) in [6.07, 6.45) is 14.5. The predicted molar refractivity (Wildman–Crippen MR) is 84.7 cm³/mol. The molecule has 0 unspecified atom stereocenters. The van der Waals surface area contributed by atoms with Gasteiger partial charge in [0.25, 0.3) is 0 Å². The monoisotopic (exact) mass is 280 g/mol. The van der Waals surface area contributed by atoms with E-state index in [1.54, 1.807) is 6.92 Å². The molecule has 2 nitrogen and oxygen atoms in total. The first-order valence-electron chi connectivity index (χ1n) is 8.48. The van der Waals surface area contributed by atoms with Crippen molar-refractivity contribution in [3.8, 4) is 0 Å². The summed E-state index contributed by atoms with van der Waals surface area (Å²) in [7, 11) is 0.